The van der Waals surface area contributed by atoms with E-state index in [1.807, 2.05) is 4.90 Å². The van der Waals surface area contributed by atoms with E-state index in [0.29, 0.717) is 25.5 Å². The molecule has 1 aliphatic heterocycles. The van der Waals surface area contributed by atoms with Crippen molar-refractivity contribution in [2.75, 3.05) is 32.2 Å². The van der Waals surface area contributed by atoms with Crippen LogP contribution in [0.25, 0.3) is 0 Å². The summed E-state index contributed by atoms with van der Waals surface area (Å²) in [4.78, 5) is 14.1. The van der Waals surface area contributed by atoms with Crippen molar-refractivity contribution in [3.63, 3.8) is 0 Å². The number of nitrogens with zero attached hydrogens (tertiary/aromatic N) is 4. The molecule has 1 atom stereocenters. The highest BCUT2D eigenvalue weighted by molar-refractivity contribution is 5.35. The minimum absolute atomic E-state index is 0.207. The van der Waals surface area contributed by atoms with Crippen LogP contribution in [0, 0.1) is 0 Å². The maximum Gasteiger partial charge on any atom is 0.324 e. The van der Waals surface area contributed by atoms with E-state index in [1.165, 1.54) is 14.2 Å². The highest BCUT2D eigenvalue weighted by Gasteiger charge is 2.33. The normalized spacial score (nSPS) is 23.9. The fourth-order valence-corrected chi connectivity index (χ4v) is 1.77. The molecule has 1 aliphatic rings. The van der Waals surface area contributed by atoms with Gasteiger partial charge in [-0.3, -0.25) is 0 Å². The maximum atomic E-state index is 9.90. The van der Waals surface area contributed by atoms with Gasteiger partial charge in [-0.15, -0.1) is 4.98 Å². The molecule has 0 aromatic carbocycles. The predicted molar refractivity (Wildman–Crippen MR) is 60.4 cm³/mol. The minimum Gasteiger partial charge on any atom is -0.467 e. The maximum absolute atomic E-state index is 9.90. The molecule has 1 aromatic rings. The molecule has 0 bridgehead atoms. The van der Waals surface area contributed by atoms with Crippen LogP contribution in [0.5, 0.6) is 12.0 Å². The monoisotopic (exact) mass is 240 g/mol. The van der Waals surface area contributed by atoms with Crippen LogP contribution in [0.4, 0.5) is 5.95 Å². The van der Waals surface area contributed by atoms with E-state index < -0.39 is 5.60 Å². The molecule has 1 saturated heterocycles. The quantitative estimate of drug-likeness (QED) is 0.786. The van der Waals surface area contributed by atoms with Crippen LogP contribution in [-0.4, -0.2) is 53.0 Å². The summed E-state index contributed by atoms with van der Waals surface area (Å²) in [6.07, 6.45) is 0.684. The first-order valence-electron chi connectivity index (χ1n) is 5.35. The summed E-state index contributed by atoms with van der Waals surface area (Å²) >= 11 is 0. The van der Waals surface area contributed by atoms with E-state index in [9.17, 15) is 5.11 Å². The first kappa shape index (κ1) is 11.8. The van der Waals surface area contributed by atoms with Crippen LogP contribution in [0.15, 0.2) is 0 Å². The van der Waals surface area contributed by atoms with Gasteiger partial charge < -0.3 is 19.5 Å². The highest BCUT2D eigenvalue weighted by atomic mass is 16.5. The van der Waals surface area contributed by atoms with Crippen LogP contribution in [0.3, 0.4) is 0 Å². The molecule has 94 valence electrons. The van der Waals surface area contributed by atoms with Crippen LogP contribution in [0.2, 0.25) is 0 Å². The number of methoxy groups -OCH3 is 2. The molecule has 2 heterocycles. The molecular weight excluding hydrogens is 224 g/mol. The second-order valence-corrected chi connectivity index (χ2v) is 4.28. The van der Waals surface area contributed by atoms with Gasteiger partial charge in [-0.25, -0.2) is 0 Å². The average molecular weight is 240 g/mol. The van der Waals surface area contributed by atoms with E-state index >= 15 is 0 Å². The number of ether oxygens (including phenoxy) is 2. The Morgan fingerprint density at radius 1 is 1.18 bits per heavy atom. The fraction of sp³-hybridized carbons (Fsp3) is 0.700. The molecule has 17 heavy (non-hydrogen) atoms. The molecule has 0 aliphatic carbocycles. The lowest BCUT2D eigenvalue weighted by Crippen LogP contribution is -2.30. The van der Waals surface area contributed by atoms with Crippen molar-refractivity contribution in [3.05, 3.63) is 0 Å². The lowest BCUT2D eigenvalue weighted by Gasteiger charge is -2.19. The molecule has 1 unspecified atom stereocenters. The Bertz CT molecular complexity index is 388. The van der Waals surface area contributed by atoms with Crippen LogP contribution >= 0.6 is 0 Å². The molecule has 7 nitrogen and oxygen atoms in total. The zero-order chi connectivity index (χ0) is 12.5. The number of anilines is 1. The third kappa shape index (κ3) is 2.55. The number of β-amino-alcohol motifs (C(OH)–C–C–N with tert-alkyl or cyclic N) is 1. The van der Waals surface area contributed by atoms with Gasteiger partial charge in [0.1, 0.15) is 0 Å². The number of hydrogen-bond donors (Lipinski definition) is 1. The van der Waals surface area contributed by atoms with Gasteiger partial charge in [-0.05, 0) is 13.3 Å². The summed E-state index contributed by atoms with van der Waals surface area (Å²) in [6, 6.07) is 0.414. The topological polar surface area (TPSA) is 80.6 Å². The number of aromatic nitrogens is 3. The van der Waals surface area contributed by atoms with Gasteiger partial charge in [0, 0.05) is 13.1 Å². The van der Waals surface area contributed by atoms with Gasteiger partial charge >= 0.3 is 12.0 Å². The molecule has 7 heteroatoms. The van der Waals surface area contributed by atoms with Crippen molar-refractivity contribution in [1.82, 2.24) is 15.0 Å². The summed E-state index contributed by atoms with van der Waals surface area (Å²) < 4.78 is 9.95. The molecule has 0 radical (unpaired) electrons. The van der Waals surface area contributed by atoms with Gasteiger partial charge in [-0.1, -0.05) is 0 Å². The Kier molecular flexibility index (Phi) is 3.01. The van der Waals surface area contributed by atoms with E-state index in [0.717, 1.165) is 0 Å². The van der Waals surface area contributed by atoms with Crippen molar-refractivity contribution in [3.8, 4) is 12.0 Å². The average Bonchev–Trinajstić information content (AvgIpc) is 2.69. The lowest BCUT2D eigenvalue weighted by molar-refractivity contribution is 0.0838. The van der Waals surface area contributed by atoms with Gasteiger partial charge in [-0.2, -0.15) is 9.97 Å². The zero-order valence-corrected chi connectivity index (χ0v) is 10.2. The molecule has 1 aromatic heterocycles. The SMILES string of the molecule is COc1nc(OC)nc(N2CCC(C)(O)C2)n1. The van der Waals surface area contributed by atoms with Crippen molar-refractivity contribution in [2.45, 2.75) is 18.9 Å². The smallest absolute Gasteiger partial charge is 0.324 e. The Labute approximate surface area is 99.4 Å². The summed E-state index contributed by atoms with van der Waals surface area (Å²) in [5.74, 6) is 0.464. The molecule has 0 amide bonds. The van der Waals surface area contributed by atoms with Gasteiger partial charge in [0.15, 0.2) is 0 Å². The van der Waals surface area contributed by atoms with Gasteiger partial charge in [0.25, 0.3) is 0 Å². The first-order valence-corrected chi connectivity index (χ1v) is 5.35. The van der Waals surface area contributed by atoms with Crippen molar-refractivity contribution in [2.24, 2.45) is 0 Å². The zero-order valence-electron chi connectivity index (χ0n) is 10.2. The van der Waals surface area contributed by atoms with Crippen molar-refractivity contribution < 1.29 is 14.6 Å². The van der Waals surface area contributed by atoms with E-state index in [1.54, 1.807) is 6.92 Å². The van der Waals surface area contributed by atoms with Crippen molar-refractivity contribution in [1.29, 1.82) is 0 Å². The number of aliphatic hydroxyl groups is 1. The summed E-state index contributed by atoms with van der Waals surface area (Å²) in [6.45, 7) is 2.98. The third-order valence-electron chi connectivity index (χ3n) is 2.68. The second kappa shape index (κ2) is 4.33. The van der Waals surface area contributed by atoms with Crippen LogP contribution < -0.4 is 14.4 Å². The molecule has 2 rings (SSSR count). The molecular formula is C10H16N4O3. The third-order valence-corrected chi connectivity index (χ3v) is 2.68. The standard InChI is InChI=1S/C10H16N4O3/c1-10(15)4-5-14(6-10)7-11-8(16-2)13-9(12-7)17-3/h15H,4-6H2,1-3H3. The Morgan fingerprint density at radius 2 is 1.76 bits per heavy atom. The Morgan fingerprint density at radius 3 is 2.18 bits per heavy atom. The Balaban J connectivity index is 2.26. The lowest BCUT2D eigenvalue weighted by atomic mass is 10.1. The summed E-state index contributed by atoms with van der Waals surface area (Å²) in [5, 5.41) is 9.90. The van der Waals surface area contributed by atoms with Crippen LogP contribution in [0.1, 0.15) is 13.3 Å². The fourth-order valence-electron chi connectivity index (χ4n) is 1.77. The predicted octanol–water partition coefficient (Wildman–Crippen LogP) is -0.150. The molecule has 1 N–H and O–H groups in total. The summed E-state index contributed by atoms with van der Waals surface area (Å²) in [7, 11) is 2.97. The van der Waals surface area contributed by atoms with E-state index in [-0.39, 0.29) is 12.0 Å². The van der Waals surface area contributed by atoms with E-state index in [2.05, 4.69) is 15.0 Å². The van der Waals surface area contributed by atoms with Crippen molar-refractivity contribution >= 4 is 5.95 Å². The molecule has 1 fully saturated rings. The largest absolute Gasteiger partial charge is 0.467 e. The molecule has 0 saturated carbocycles. The first-order chi connectivity index (χ1) is 8.04. The Hall–Kier alpha value is -1.63. The number of rotatable bonds is 3. The van der Waals surface area contributed by atoms with E-state index in [4.69, 9.17) is 9.47 Å². The molecule has 0 spiro atoms. The minimum atomic E-state index is -0.701. The number of hydrogen-bond acceptors (Lipinski definition) is 7. The van der Waals surface area contributed by atoms with Crippen LogP contribution in [-0.2, 0) is 0 Å². The van der Waals surface area contributed by atoms with Gasteiger partial charge in [0.2, 0.25) is 5.95 Å². The second-order valence-electron chi connectivity index (χ2n) is 4.28. The van der Waals surface area contributed by atoms with Gasteiger partial charge in [0.05, 0.1) is 19.8 Å². The highest BCUT2D eigenvalue weighted by Crippen LogP contribution is 2.25. The summed E-state index contributed by atoms with van der Waals surface area (Å²) in [5.41, 5.74) is -0.701.